The van der Waals surface area contributed by atoms with Crippen molar-refractivity contribution < 1.29 is 9.72 Å². The fourth-order valence-electron chi connectivity index (χ4n) is 1.24. The Morgan fingerprint density at radius 1 is 1.27 bits per heavy atom. The minimum Gasteiger partial charge on any atom is -0.298 e. The molecule has 0 aliphatic carbocycles. The molecule has 0 atom stereocenters. The highest BCUT2D eigenvalue weighted by Gasteiger charge is 2.18. The summed E-state index contributed by atoms with van der Waals surface area (Å²) in [7, 11) is 0. The predicted molar refractivity (Wildman–Crippen MR) is 57.2 cm³/mol. The van der Waals surface area contributed by atoms with Crippen LogP contribution in [0.5, 0.6) is 0 Å². The Hall–Kier alpha value is -1.71. The topological polar surface area (TPSA) is 60.2 Å². The first-order valence-electron chi connectivity index (χ1n) is 4.60. The molecule has 4 nitrogen and oxygen atoms in total. The highest BCUT2D eigenvalue weighted by atomic mass is 16.6. The molecular weight excluding hydrogens is 194 g/mol. The second-order valence-corrected chi connectivity index (χ2v) is 4.44. The smallest absolute Gasteiger partial charge is 0.270 e. The Balaban J connectivity index is 3.36. The zero-order valence-electron chi connectivity index (χ0n) is 8.98. The summed E-state index contributed by atoms with van der Waals surface area (Å²) in [6.45, 7) is 5.84. The van der Waals surface area contributed by atoms with E-state index in [4.69, 9.17) is 0 Å². The quantitative estimate of drug-likeness (QED) is 0.425. The predicted octanol–water partition coefficient (Wildman–Crippen LogP) is 2.70. The first-order chi connectivity index (χ1) is 6.84. The maximum atomic E-state index is 10.6. The van der Waals surface area contributed by atoms with E-state index in [0.29, 0.717) is 11.8 Å². The van der Waals surface area contributed by atoms with Gasteiger partial charge in [0, 0.05) is 17.7 Å². The number of benzene rings is 1. The van der Waals surface area contributed by atoms with E-state index in [1.54, 1.807) is 6.07 Å². The average molecular weight is 207 g/mol. The van der Waals surface area contributed by atoms with Crippen LogP contribution in [-0.2, 0) is 5.41 Å². The summed E-state index contributed by atoms with van der Waals surface area (Å²) in [5, 5.41) is 10.6. The van der Waals surface area contributed by atoms with E-state index in [1.807, 2.05) is 20.8 Å². The van der Waals surface area contributed by atoms with Gasteiger partial charge in [-0.3, -0.25) is 14.9 Å². The first kappa shape index (κ1) is 11.4. The molecule has 0 radical (unpaired) electrons. The number of rotatable bonds is 2. The minimum atomic E-state index is -0.484. The Kier molecular flexibility index (Phi) is 2.88. The van der Waals surface area contributed by atoms with Crippen molar-refractivity contribution in [1.82, 2.24) is 0 Å². The maximum Gasteiger partial charge on any atom is 0.270 e. The van der Waals surface area contributed by atoms with Gasteiger partial charge in [0.2, 0.25) is 0 Å². The molecule has 4 heteroatoms. The van der Waals surface area contributed by atoms with E-state index >= 15 is 0 Å². The molecule has 0 amide bonds. The summed E-state index contributed by atoms with van der Waals surface area (Å²) in [5.41, 5.74) is 0.890. The molecule has 1 aromatic rings. The van der Waals surface area contributed by atoms with Gasteiger partial charge in [0.25, 0.3) is 5.69 Å². The van der Waals surface area contributed by atoms with E-state index < -0.39 is 4.92 Å². The third kappa shape index (κ3) is 2.62. The number of nitro groups is 1. The van der Waals surface area contributed by atoms with Gasteiger partial charge in [-0.1, -0.05) is 20.8 Å². The number of nitro benzene ring substituents is 1. The summed E-state index contributed by atoms with van der Waals surface area (Å²) >= 11 is 0. The molecular formula is C11H13NO3. The normalized spacial score (nSPS) is 11.1. The molecule has 1 rings (SSSR count). The molecule has 0 aliphatic rings. The van der Waals surface area contributed by atoms with Gasteiger partial charge < -0.3 is 0 Å². The Morgan fingerprint density at radius 3 is 2.27 bits per heavy atom. The highest BCUT2D eigenvalue weighted by molar-refractivity contribution is 5.76. The molecule has 0 saturated heterocycles. The number of carbonyl (C=O) groups is 1. The fraction of sp³-hybridized carbons (Fsp3) is 0.364. The monoisotopic (exact) mass is 207 g/mol. The Morgan fingerprint density at radius 2 is 1.87 bits per heavy atom. The number of carbonyl (C=O) groups excluding carboxylic acids is 1. The molecule has 15 heavy (non-hydrogen) atoms. The SMILES string of the molecule is CC(C)(C)c1cc(C=O)cc([N+](=O)[O-])c1. The molecule has 0 bridgehead atoms. The largest absolute Gasteiger partial charge is 0.298 e. The number of hydrogen-bond acceptors (Lipinski definition) is 3. The second-order valence-electron chi connectivity index (χ2n) is 4.44. The van der Waals surface area contributed by atoms with Gasteiger partial charge in [-0.15, -0.1) is 0 Å². The lowest BCUT2D eigenvalue weighted by molar-refractivity contribution is -0.385. The van der Waals surface area contributed by atoms with Crippen LogP contribution in [-0.4, -0.2) is 11.2 Å². The lowest BCUT2D eigenvalue weighted by atomic mass is 9.86. The lowest BCUT2D eigenvalue weighted by Crippen LogP contribution is -2.12. The summed E-state index contributed by atoms with van der Waals surface area (Å²) < 4.78 is 0. The fourth-order valence-corrected chi connectivity index (χ4v) is 1.24. The van der Waals surface area contributed by atoms with E-state index in [1.165, 1.54) is 12.1 Å². The minimum absolute atomic E-state index is 0.0375. The second kappa shape index (κ2) is 3.81. The standard InChI is InChI=1S/C11H13NO3/c1-11(2,3)9-4-8(7-13)5-10(6-9)12(14)15/h4-7H,1-3H3. The molecule has 0 heterocycles. The summed E-state index contributed by atoms with van der Waals surface area (Å²) in [6.07, 6.45) is 0.627. The first-order valence-corrected chi connectivity index (χ1v) is 4.60. The molecule has 0 saturated carbocycles. The van der Waals surface area contributed by atoms with Crippen LogP contribution in [0, 0.1) is 10.1 Å². The van der Waals surface area contributed by atoms with E-state index in [-0.39, 0.29) is 11.1 Å². The molecule has 0 N–H and O–H groups in total. The molecule has 80 valence electrons. The zero-order valence-corrected chi connectivity index (χ0v) is 8.98. The highest BCUT2D eigenvalue weighted by Crippen LogP contribution is 2.26. The van der Waals surface area contributed by atoms with Gasteiger partial charge in [0.05, 0.1) is 4.92 Å². The van der Waals surface area contributed by atoms with Crippen LogP contribution < -0.4 is 0 Å². The lowest BCUT2D eigenvalue weighted by Gasteiger charge is -2.18. The van der Waals surface area contributed by atoms with Gasteiger partial charge >= 0.3 is 0 Å². The van der Waals surface area contributed by atoms with Crippen LogP contribution in [0.3, 0.4) is 0 Å². The van der Waals surface area contributed by atoms with Crippen molar-refractivity contribution >= 4 is 12.0 Å². The van der Waals surface area contributed by atoms with Crippen molar-refractivity contribution in [3.8, 4) is 0 Å². The molecule has 0 spiro atoms. The van der Waals surface area contributed by atoms with Gasteiger partial charge in [0.1, 0.15) is 6.29 Å². The van der Waals surface area contributed by atoms with Crippen LogP contribution in [0.4, 0.5) is 5.69 Å². The molecule has 0 aromatic heterocycles. The molecule has 0 unspecified atom stereocenters. The Labute approximate surface area is 88.1 Å². The van der Waals surface area contributed by atoms with Crippen LogP contribution in [0.15, 0.2) is 18.2 Å². The van der Waals surface area contributed by atoms with E-state index in [9.17, 15) is 14.9 Å². The van der Waals surface area contributed by atoms with Gasteiger partial charge in [0.15, 0.2) is 0 Å². The Bertz CT molecular complexity index is 405. The number of nitrogens with zero attached hydrogens (tertiary/aromatic N) is 1. The maximum absolute atomic E-state index is 10.6. The van der Waals surface area contributed by atoms with Crippen LogP contribution in [0.1, 0.15) is 36.7 Å². The van der Waals surface area contributed by atoms with Crippen molar-refractivity contribution in [2.75, 3.05) is 0 Å². The molecule has 0 aliphatic heterocycles. The van der Waals surface area contributed by atoms with Crippen LogP contribution in [0.2, 0.25) is 0 Å². The molecule has 0 fully saturated rings. The average Bonchev–Trinajstić information content (AvgIpc) is 2.15. The van der Waals surface area contributed by atoms with Crippen LogP contribution >= 0.6 is 0 Å². The van der Waals surface area contributed by atoms with Crippen molar-refractivity contribution in [2.24, 2.45) is 0 Å². The number of non-ortho nitro benzene ring substituents is 1. The summed E-state index contributed by atoms with van der Waals surface area (Å²) in [6, 6.07) is 4.47. The van der Waals surface area contributed by atoms with Crippen molar-refractivity contribution in [1.29, 1.82) is 0 Å². The van der Waals surface area contributed by atoms with E-state index in [2.05, 4.69) is 0 Å². The van der Waals surface area contributed by atoms with Crippen molar-refractivity contribution in [2.45, 2.75) is 26.2 Å². The third-order valence-electron chi connectivity index (χ3n) is 2.15. The third-order valence-corrected chi connectivity index (χ3v) is 2.15. The molecule has 1 aromatic carbocycles. The van der Waals surface area contributed by atoms with Gasteiger partial charge in [-0.25, -0.2) is 0 Å². The zero-order chi connectivity index (χ0) is 11.6. The number of hydrogen-bond donors (Lipinski definition) is 0. The summed E-state index contributed by atoms with van der Waals surface area (Å²) in [5.74, 6) is 0. The summed E-state index contributed by atoms with van der Waals surface area (Å²) in [4.78, 5) is 20.8. The van der Waals surface area contributed by atoms with Gasteiger partial charge in [-0.05, 0) is 17.0 Å². The van der Waals surface area contributed by atoms with Gasteiger partial charge in [-0.2, -0.15) is 0 Å². The van der Waals surface area contributed by atoms with E-state index in [0.717, 1.165) is 5.56 Å². The van der Waals surface area contributed by atoms with Crippen molar-refractivity contribution in [3.05, 3.63) is 39.4 Å². The number of aldehydes is 1. The van der Waals surface area contributed by atoms with Crippen molar-refractivity contribution in [3.63, 3.8) is 0 Å². The van der Waals surface area contributed by atoms with Crippen LogP contribution in [0.25, 0.3) is 0 Å².